The third kappa shape index (κ3) is 4.09. The highest BCUT2D eigenvalue weighted by molar-refractivity contribution is 4.91. The zero-order valence-electron chi connectivity index (χ0n) is 10.9. The van der Waals surface area contributed by atoms with Crippen LogP contribution >= 0.6 is 0 Å². The Hall–Kier alpha value is -0.940. The van der Waals surface area contributed by atoms with Crippen LogP contribution in [0.1, 0.15) is 32.4 Å². The van der Waals surface area contributed by atoms with Crippen LogP contribution in [0.2, 0.25) is 0 Å². The fourth-order valence-electron chi connectivity index (χ4n) is 2.09. The number of likely N-dealkylation sites (tertiary alicyclic amines) is 1. The molecule has 0 radical (unpaired) electrons. The Labute approximate surface area is 103 Å². The van der Waals surface area contributed by atoms with Gasteiger partial charge in [-0.1, -0.05) is 19.1 Å². The van der Waals surface area contributed by atoms with E-state index in [4.69, 9.17) is 0 Å². The van der Waals surface area contributed by atoms with E-state index in [0.717, 1.165) is 25.3 Å². The topological polar surface area (TPSA) is 46.0 Å². The average Bonchev–Trinajstić information content (AvgIpc) is 2.95. The van der Waals surface area contributed by atoms with E-state index in [9.17, 15) is 0 Å². The normalized spacial score (nSPS) is 17.1. The first-order chi connectivity index (χ1) is 8.24. The van der Waals surface area contributed by atoms with Crippen molar-refractivity contribution in [1.82, 2.24) is 25.2 Å². The van der Waals surface area contributed by atoms with Crippen LogP contribution in [0.15, 0.2) is 6.20 Å². The zero-order chi connectivity index (χ0) is 12.1. The summed E-state index contributed by atoms with van der Waals surface area (Å²) in [7, 11) is 0. The Kier molecular flexibility index (Phi) is 4.50. The molecule has 17 heavy (non-hydrogen) atoms. The van der Waals surface area contributed by atoms with E-state index in [1.807, 2.05) is 10.9 Å². The third-order valence-electron chi connectivity index (χ3n) is 3.12. The number of hydrogen-bond acceptors (Lipinski definition) is 4. The van der Waals surface area contributed by atoms with Gasteiger partial charge in [-0.15, -0.1) is 5.10 Å². The molecule has 5 nitrogen and oxygen atoms in total. The molecule has 5 heteroatoms. The minimum Gasteiger partial charge on any atom is -0.309 e. The van der Waals surface area contributed by atoms with E-state index in [2.05, 4.69) is 34.4 Å². The first-order valence-corrected chi connectivity index (χ1v) is 6.59. The second kappa shape index (κ2) is 6.12. The van der Waals surface area contributed by atoms with Gasteiger partial charge >= 0.3 is 0 Å². The van der Waals surface area contributed by atoms with E-state index in [0.29, 0.717) is 6.04 Å². The predicted octanol–water partition coefficient (Wildman–Crippen LogP) is 0.872. The Morgan fingerprint density at radius 1 is 1.29 bits per heavy atom. The molecule has 0 unspecified atom stereocenters. The molecule has 0 spiro atoms. The van der Waals surface area contributed by atoms with Crippen molar-refractivity contribution in [2.24, 2.45) is 0 Å². The Morgan fingerprint density at radius 3 is 2.76 bits per heavy atom. The van der Waals surface area contributed by atoms with Gasteiger partial charge in [0.25, 0.3) is 0 Å². The summed E-state index contributed by atoms with van der Waals surface area (Å²) in [4.78, 5) is 2.49. The highest BCUT2D eigenvalue weighted by Crippen LogP contribution is 2.06. The van der Waals surface area contributed by atoms with Gasteiger partial charge in [0, 0.05) is 25.3 Å². The molecule has 0 saturated carbocycles. The van der Waals surface area contributed by atoms with Gasteiger partial charge in [0.15, 0.2) is 0 Å². The highest BCUT2D eigenvalue weighted by Gasteiger charge is 2.11. The lowest BCUT2D eigenvalue weighted by Gasteiger charge is -2.13. The van der Waals surface area contributed by atoms with Crippen molar-refractivity contribution in [2.75, 3.05) is 19.6 Å². The van der Waals surface area contributed by atoms with Crippen molar-refractivity contribution in [1.29, 1.82) is 0 Å². The molecule has 2 rings (SSSR count). The summed E-state index contributed by atoms with van der Waals surface area (Å²) in [5.41, 5.74) is 1.03. The zero-order valence-corrected chi connectivity index (χ0v) is 10.9. The van der Waals surface area contributed by atoms with Crippen LogP contribution in [0.5, 0.6) is 0 Å². The molecule has 1 aromatic rings. The smallest absolute Gasteiger partial charge is 0.0964 e. The van der Waals surface area contributed by atoms with Gasteiger partial charge in [-0.25, -0.2) is 0 Å². The molecule has 1 fully saturated rings. The van der Waals surface area contributed by atoms with Gasteiger partial charge < -0.3 is 10.2 Å². The summed E-state index contributed by atoms with van der Waals surface area (Å²) in [6.45, 7) is 9.62. The van der Waals surface area contributed by atoms with Crippen molar-refractivity contribution in [3.8, 4) is 0 Å². The summed E-state index contributed by atoms with van der Waals surface area (Å²) in [6, 6.07) is 0.491. The van der Waals surface area contributed by atoms with Gasteiger partial charge in [0.2, 0.25) is 0 Å². The molecule has 96 valence electrons. The Bertz CT molecular complexity index is 327. The summed E-state index contributed by atoms with van der Waals surface area (Å²) < 4.78 is 1.95. The maximum Gasteiger partial charge on any atom is 0.0964 e. The molecule has 1 aliphatic heterocycles. The molecule has 0 aliphatic carbocycles. The van der Waals surface area contributed by atoms with Gasteiger partial charge in [-0.05, 0) is 25.9 Å². The van der Waals surface area contributed by atoms with E-state index in [-0.39, 0.29) is 0 Å². The van der Waals surface area contributed by atoms with Gasteiger partial charge in [-0.2, -0.15) is 0 Å². The summed E-state index contributed by atoms with van der Waals surface area (Å²) in [5.74, 6) is 0. The number of hydrogen-bond donors (Lipinski definition) is 1. The van der Waals surface area contributed by atoms with Crippen molar-refractivity contribution in [3.05, 3.63) is 11.9 Å². The molecule has 1 aliphatic rings. The van der Waals surface area contributed by atoms with Crippen LogP contribution in [0.3, 0.4) is 0 Å². The van der Waals surface area contributed by atoms with E-state index < -0.39 is 0 Å². The largest absolute Gasteiger partial charge is 0.309 e. The molecule has 1 N–H and O–H groups in total. The molecule has 0 atom stereocenters. The summed E-state index contributed by atoms with van der Waals surface area (Å²) in [6.07, 6.45) is 4.74. The third-order valence-corrected chi connectivity index (χ3v) is 3.12. The molecule has 1 saturated heterocycles. The average molecular weight is 237 g/mol. The van der Waals surface area contributed by atoms with E-state index in [1.54, 1.807) is 0 Å². The fraction of sp³-hybridized carbons (Fsp3) is 0.833. The Morgan fingerprint density at radius 2 is 2.06 bits per heavy atom. The number of nitrogens with zero attached hydrogens (tertiary/aromatic N) is 4. The first-order valence-electron chi connectivity index (χ1n) is 6.59. The SMILES string of the molecule is CC(C)NCc1cn(CCN2CCCC2)nn1. The lowest BCUT2D eigenvalue weighted by atomic mass is 10.3. The van der Waals surface area contributed by atoms with Crippen molar-refractivity contribution in [3.63, 3.8) is 0 Å². The predicted molar refractivity (Wildman–Crippen MR) is 67.7 cm³/mol. The van der Waals surface area contributed by atoms with Crippen LogP contribution in [-0.2, 0) is 13.1 Å². The highest BCUT2D eigenvalue weighted by atomic mass is 15.4. The van der Waals surface area contributed by atoms with Crippen molar-refractivity contribution >= 4 is 0 Å². The molecule has 2 heterocycles. The molecular weight excluding hydrogens is 214 g/mol. The standard InChI is InChI=1S/C12H23N5/c1-11(2)13-9-12-10-17(15-14-12)8-7-16-5-3-4-6-16/h10-11,13H,3-9H2,1-2H3. The van der Waals surface area contributed by atoms with Crippen LogP contribution < -0.4 is 5.32 Å². The molecule has 0 bridgehead atoms. The monoisotopic (exact) mass is 237 g/mol. The number of rotatable bonds is 6. The minimum atomic E-state index is 0.491. The van der Waals surface area contributed by atoms with Gasteiger partial charge in [-0.3, -0.25) is 4.68 Å². The lowest BCUT2D eigenvalue weighted by molar-refractivity contribution is 0.314. The second-order valence-electron chi connectivity index (χ2n) is 5.06. The van der Waals surface area contributed by atoms with E-state index in [1.165, 1.54) is 25.9 Å². The quantitative estimate of drug-likeness (QED) is 0.797. The van der Waals surface area contributed by atoms with Crippen LogP contribution in [-0.4, -0.2) is 45.6 Å². The maximum atomic E-state index is 4.17. The van der Waals surface area contributed by atoms with Crippen molar-refractivity contribution < 1.29 is 0 Å². The number of nitrogens with one attached hydrogen (secondary N) is 1. The molecule has 1 aromatic heterocycles. The molecule has 0 aromatic carbocycles. The van der Waals surface area contributed by atoms with Crippen LogP contribution in [0.4, 0.5) is 0 Å². The van der Waals surface area contributed by atoms with Gasteiger partial charge in [0.1, 0.15) is 0 Å². The number of aromatic nitrogens is 3. The summed E-state index contributed by atoms with van der Waals surface area (Å²) in [5, 5.41) is 11.7. The Balaban J connectivity index is 1.73. The fourth-order valence-corrected chi connectivity index (χ4v) is 2.09. The van der Waals surface area contributed by atoms with Crippen LogP contribution in [0, 0.1) is 0 Å². The van der Waals surface area contributed by atoms with E-state index >= 15 is 0 Å². The van der Waals surface area contributed by atoms with Gasteiger partial charge in [0.05, 0.1) is 12.2 Å². The summed E-state index contributed by atoms with van der Waals surface area (Å²) >= 11 is 0. The lowest BCUT2D eigenvalue weighted by Crippen LogP contribution is -2.24. The first kappa shape index (κ1) is 12.5. The maximum absolute atomic E-state index is 4.17. The van der Waals surface area contributed by atoms with Crippen molar-refractivity contribution in [2.45, 2.75) is 45.8 Å². The minimum absolute atomic E-state index is 0.491. The van der Waals surface area contributed by atoms with Crippen LogP contribution in [0.25, 0.3) is 0 Å². The second-order valence-corrected chi connectivity index (χ2v) is 5.06. The molecule has 0 amide bonds. The molecular formula is C12H23N5.